The lowest BCUT2D eigenvalue weighted by Crippen LogP contribution is -2.22. The number of amides is 1. The van der Waals surface area contributed by atoms with Gasteiger partial charge < -0.3 is 19.9 Å². The fourth-order valence-electron chi connectivity index (χ4n) is 2.68. The second-order valence-electron chi connectivity index (χ2n) is 5.93. The van der Waals surface area contributed by atoms with E-state index in [1.54, 1.807) is 30.5 Å². The fourth-order valence-corrected chi connectivity index (χ4v) is 2.68. The maximum atomic E-state index is 12.4. The molecule has 27 heavy (non-hydrogen) atoms. The van der Waals surface area contributed by atoms with E-state index in [4.69, 9.17) is 9.47 Å². The first-order valence-electron chi connectivity index (χ1n) is 8.39. The van der Waals surface area contributed by atoms with E-state index in [0.29, 0.717) is 23.6 Å². The van der Waals surface area contributed by atoms with Gasteiger partial charge in [0, 0.05) is 24.5 Å². The molecule has 1 amide bonds. The van der Waals surface area contributed by atoms with Crippen molar-refractivity contribution in [2.45, 2.75) is 13.1 Å². The molecule has 7 nitrogen and oxygen atoms in total. The van der Waals surface area contributed by atoms with Crippen LogP contribution >= 0.6 is 0 Å². The molecule has 3 rings (SSSR count). The highest BCUT2D eigenvalue weighted by Gasteiger charge is 2.12. The molecule has 0 fully saturated rings. The minimum absolute atomic E-state index is 0.0668. The topological polar surface area (TPSA) is 85.6 Å². The van der Waals surface area contributed by atoms with Crippen LogP contribution < -0.4 is 14.8 Å². The number of nitrogens with one attached hydrogen (secondary N) is 1. The van der Waals surface area contributed by atoms with Crippen molar-refractivity contribution in [2.75, 3.05) is 14.2 Å². The van der Waals surface area contributed by atoms with Crippen LogP contribution in [-0.2, 0) is 13.1 Å². The Kier molecular flexibility index (Phi) is 5.61. The Morgan fingerprint density at radius 1 is 1.11 bits per heavy atom. The monoisotopic (exact) mass is 367 g/mol. The molecule has 0 aliphatic heterocycles. The smallest absolute Gasteiger partial charge is 0.251 e. The molecule has 1 aromatic heterocycles. The molecule has 0 bridgehead atoms. The number of carbonyl (C=O) groups is 1. The van der Waals surface area contributed by atoms with Crippen molar-refractivity contribution >= 4 is 5.91 Å². The van der Waals surface area contributed by atoms with Crippen molar-refractivity contribution in [3.05, 3.63) is 71.5 Å². The number of hydrogen-bond acceptors (Lipinski definition) is 5. The van der Waals surface area contributed by atoms with Crippen molar-refractivity contribution in [3.63, 3.8) is 0 Å². The third kappa shape index (κ3) is 4.38. The Morgan fingerprint density at radius 3 is 2.33 bits per heavy atom. The molecule has 0 aliphatic carbocycles. The van der Waals surface area contributed by atoms with Crippen LogP contribution in [0.2, 0.25) is 0 Å². The number of carbonyl (C=O) groups excluding carboxylic acids is 1. The van der Waals surface area contributed by atoms with Gasteiger partial charge >= 0.3 is 0 Å². The number of methoxy groups -OCH3 is 2. The standard InChI is InChI=1S/C20H21N3O4/c1-26-17-10-15(11-18(27-2)19(17)24)12-21-20(25)16-6-4-14(5-7-16)13-23-9-3-8-22-23/h3-11,24H,12-13H2,1-2H3,(H,21,25). The molecule has 0 aliphatic rings. The molecular formula is C20H21N3O4. The lowest BCUT2D eigenvalue weighted by molar-refractivity contribution is 0.0951. The summed E-state index contributed by atoms with van der Waals surface area (Å²) in [5.41, 5.74) is 2.38. The largest absolute Gasteiger partial charge is 0.502 e. The molecule has 0 radical (unpaired) electrons. The predicted molar refractivity (Wildman–Crippen MR) is 100 cm³/mol. The first-order valence-corrected chi connectivity index (χ1v) is 8.39. The summed E-state index contributed by atoms with van der Waals surface area (Å²) in [6.45, 7) is 0.933. The van der Waals surface area contributed by atoms with Crippen LogP contribution in [0.3, 0.4) is 0 Å². The van der Waals surface area contributed by atoms with Crippen LogP contribution in [0.4, 0.5) is 0 Å². The molecule has 0 atom stereocenters. The summed E-state index contributed by atoms with van der Waals surface area (Å²) < 4.78 is 12.1. The lowest BCUT2D eigenvalue weighted by Gasteiger charge is -2.12. The van der Waals surface area contributed by atoms with E-state index in [1.165, 1.54) is 14.2 Å². The summed E-state index contributed by atoms with van der Waals surface area (Å²) in [5, 5.41) is 17.0. The number of aromatic nitrogens is 2. The van der Waals surface area contributed by atoms with E-state index in [2.05, 4.69) is 10.4 Å². The van der Waals surface area contributed by atoms with Gasteiger partial charge in [-0.25, -0.2) is 0 Å². The van der Waals surface area contributed by atoms with Crippen LogP contribution in [0.25, 0.3) is 0 Å². The van der Waals surface area contributed by atoms with Gasteiger partial charge in [-0.3, -0.25) is 9.48 Å². The molecule has 0 saturated heterocycles. The first-order chi connectivity index (χ1) is 13.1. The fraction of sp³-hybridized carbons (Fsp3) is 0.200. The van der Waals surface area contributed by atoms with Crippen LogP contribution in [0.1, 0.15) is 21.5 Å². The first kappa shape index (κ1) is 18.3. The molecule has 140 valence electrons. The second kappa shape index (κ2) is 8.27. The van der Waals surface area contributed by atoms with Gasteiger partial charge in [0.1, 0.15) is 0 Å². The summed E-state index contributed by atoms with van der Waals surface area (Å²) in [6.07, 6.45) is 3.62. The van der Waals surface area contributed by atoms with Gasteiger partial charge in [0.15, 0.2) is 11.5 Å². The molecule has 0 unspecified atom stereocenters. The summed E-state index contributed by atoms with van der Waals surface area (Å²) >= 11 is 0. The summed E-state index contributed by atoms with van der Waals surface area (Å²) in [4.78, 5) is 12.4. The minimum atomic E-state index is -0.188. The Morgan fingerprint density at radius 2 is 1.78 bits per heavy atom. The molecule has 0 saturated carbocycles. The van der Waals surface area contributed by atoms with Crippen LogP contribution in [0.5, 0.6) is 17.2 Å². The van der Waals surface area contributed by atoms with Gasteiger partial charge in [0.05, 0.1) is 20.8 Å². The maximum Gasteiger partial charge on any atom is 0.251 e. The molecule has 0 spiro atoms. The number of ether oxygens (including phenoxy) is 2. The van der Waals surface area contributed by atoms with E-state index >= 15 is 0 Å². The SMILES string of the molecule is COc1cc(CNC(=O)c2ccc(Cn3cccn3)cc2)cc(OC)c1O. The summed E-state index contributed by atoms with van der Waals surface area (Å²) in [7, 11) is 2.92. The van der Waals surface area contributed by atoms with E-state index in [1.807, 2.05) is 29.1 Å². The second-order valence-corrected chi connectivity index (χ2v) is 5.93. The van der Waals surface area contributed by atoms with Crippen molar-refractivity contribution in [1.82, 2.24) is 15.1 Å². The number of benzene rings is 2. The molecule has 3 aromatic rings. The van der Waals surface area contributed by atoms with Crippen molar-refractivity contribution in [2.24, 2.45) is 0 Å². The number of phenols is 1. The quantitative estimate of drug-likeness (QED) is 0.670. The average molecular weight is 367 g/mol. The number of rotatable bonds is 7. The summed E-state index contributed by atoms with van der Waals surface area (Å²) in [5.74, 6) is 0.331. The van der Waals surface area contributed by atoms with Gasteiger partial charge in [0.2, 0.25) is 5.75 Å². The molecular weight excluding hydrogens is 346 g/mol. The van der Waals surface area contributed by atoms with E-state index < -0.39 is 0 Å². The highest BCUT2D eigenvalue weighted by molar-refractivity contribution is 5.94. The molecule has 2 aromatic carbocycles. The lowest BCUT2D eigenvalue weighted by atomic mass is 10.1. The molecule has 1 heterocycles. The zero-order chi connectivity index (χ0) is 19.2. The van der Waals surface area contributed by atoms with Crippen LogP contribution in [0.15, 0.2) is 54.9 Å². The number of phenolic OH excluding ortho intramolecular Hbond substituents is 1. The summed E-state index contributed by atoms with van der Waals surface area (Å²) in [6, 6.07) is 12.6. The third-order valence-electron chi connectivity index (χ3n) is 4.11. The van der Waals surface area contributed by atoms with Crippen LogP contribution in [0, 0.1) is 0 Å². The average Bonchev–Trinajstić information content (AvgIpc) is 3.20. The zero-order valence-corrected chi connectivity index (χ0v) is 15.2. The number of nitrogens with zero attached hydrogens (tertiary/aromatic N) is 2. The van der Waals surface area contributed by atoms with Gasteiger partial charge in [0.25, 0.3) is 5.91 Å². The van der Waals surface area contributed by atoms with E-state index in [9.17, 15) is 9.90 Å². The highest BCUT2D eigenvalue weighted by atomic mass is 16.5. The number of hydrogen-bond donors (Lipinski definition) is 2. The van der Waals surface area contributed by atoms with Crippen LogP contribution in [-0.4, -0.2) is 35.0 Å². The molecule has 7 heteroatoms. The maximum absolute atomic E-state index is 12.4. The molecule has 2 N–H and O–H groups in total. The van der Waals surface area contributed by atoms with Gasteiger partial charge in [-0.2, -0.15) is 5.10 Å². The van der Waals surface area contributed by atoms with Crippen molar-refractivity contribution in [3.8, 4) is 17.2 Å². The van der Waals surface area contributed by atoms with E-state index in [0.717, 1.165) is 11.1 Å². The Bertz CT molecular complexity index is 880. The van der Waals surface area contributed by atoms with E-state index in [-0.39, 0.29) is 18.2 Å². The van der Waals surface area contributed by atoms with Crippen molar-refractivity contribution < 1.29 is 19.4 Å². The Balaban J connectivity index is 1.64. The predicted octanol–water partition coefficient (Wildman–Crippen LogP) is 2.58. The van der Waals surface area contributed by atoms with Crippen molar-refractivity contribution in [1.29, 1.82) is 0 Å². The minimum Gasteiger partial charge on any atom is -0.502 e. The van der Waals surface area contributed by atoms with Gasteiger partial charge in [-0.1, -0.05) is 12.1 Å². The third-order valence-corrected chi connectivity index (χ3v) is 4.11. The normalized spacial score (nSPS) is 10.4. The Labute approximate surface area is 157 Å². The van der Waals surface area contributed by atoms with Gasteiger partial charge in [-0.05, 0) is 41.5 Å². The Hall–Kier alpha value is -3.48. The highest BCUT2D eigenvalue weighted by Crippen LogP contribution is 2.37. The zero-order valence-electron chi connectivity index (χ0n) is 15.2. The number of aromatic hydroxyl groups is 1. The van der Waals surface area contributed by atoms with Gasteiger partial charge in [-0.15, -0.1) is 0 Å².